The van der Waals surface area contributed by atoms with Crippen LogP contribution in [0.3, 0.4) is 0 Å². The molecule has 1 saturated heterocycles. The van der Waals surface area contributed by atoms with E-state index in [4.69, 9.17) is 9.47 Å². The van der Waals surface area contributed by atoms with Gasteiger partial charge in [0.15, 0.2) is 0 Å². The number of fused-ring (bicyclic) bond motifs is 2. The largest absolute Gasteiger partial charge is 0.459 e. The fraction of sp³-hybridized carbons (Fsp3) is 0.773. The molecule has 3 heteroatoms. The molecule has 1 fully saturated rings. The summed E-state index contributed by atoms with van der Waals surface area (Å²) in [6.45, 7) is 12.6. The Morgan fingerprint density at radius 2 is 1.88 bits per heavy atom. The maximum absolute atomic E-state index is 11.7. The molecule has 2 heterocycles. The summed E-state index contributed by atoms with van der Waals surface area (Å²) in [6, 6.07) is 0. The van der Waals surface area contributed by atoms with Crippen LogP contribution in [0.1, 0.15) is 86.5 Å². The van der Waals surface area contributed by atoms with Crippen LogP contribution >= 0.6 is 0 Å². The van der Waals surface area contributed by atoms with E-state index in [9.17, 15) is 4.79 Å². The minimum Gasteiger partial charge on any atom is -0.459 e. The first-order valence-electron chi connectivity index (χ1n) is 9.85. The predicted octanol–water partition coefficient (Wildman–Crippen LogP) is 5.74. The second-order valence-electron chi connectivity index (χ2n) is 8.61. The lowest BCUT2D eigenvalue weighted by Crippen LogP contribution is -2.46. The second kappa shape index (κ2) is 8.07. The molecular formula is C22H36O3. The standard InChI is InChI=1S/C22H36O3/c1-16(2)22-13-12-18(4)9-7-8-17(3)10-11-20(24-19(5)23)21(6,25-22)14-15-22/h8,12,16,20H,7,9-11,13-15H2,1-6H3/t20-,21-,22?/m1/s1. The number of carbonyl (C=O) groups is 1. The van der Waals surface area contributed by atoms with Gasteiger partial charge in [-0.1, -0.05) is 37.1 Å². The predicted molar refractivity (Wildman–Crippen MR) is 102 cm³/mol. The monoisotopic (exact) mass is 348 g/mol. The van der Waals surface area contributed by atoms with E-state index in [2.05, 4.69) is 46.8 Å². The Hall–Kier alpha value is -1.09. The molecule has 0 aliphatic carbocycles. The summed E-state index contributed by atoms with van der Waals surface area (Å²) in [4.78, 5) is 11.7. The number of allylic oxidation sites excluding steroid dienone is 3. The summed E-state index contributed by atoms with van der Waals surface area (Å²) in [5.41, 5.74) is 2.27. The van der Waals surface area contributed by atoms with Crippen LogP contribution in [0.4, 0.5) is 0 Å². The van der Waals surface area contributed by atoms with Crippen molar-refractivity contribution in [2.45, 2.75) is 104 Å². The molecule has 0 aromatic rings. The van der Waals surface area contributed by atoms with E-state index in [1.54, 1.807) is 0 Å². The fourth-order valence-corrected chi connectivity index (χ4v) is 4.18. The Balaban J connectivity index is 2.35. The van der Waals surface area contributed by atoms with Crippen molar-refractivity contribution in [3.05, 3.63) is 23.3 Å². The zero-order valence-corrected chi connectivity index (χ0v) is 17.0. The molecule has 0 aromatic heterocycles. The van der Waals surface area contributed by atoms with Gasteiger partial charge >= 0.3 is 5.97 Å². The smallest absolute Gasteiger partial charge is 0.303 e. The molecule has 0 amide bonds. The number of ether oxygens (including phenoxy) is 2. The van der Waals surface area contributed by atoms with Crippen LogP contribution in [0.15, 0.2) is 23.3 Å². The van der Waals surface area contributed by atoms with E-state index < -0.39 is 5.60 Å². The van der Waals surface area contributed by atoms with Crippen LogP contribution < -0.4 is 0 Å². The van der Waals surface area contributed by atoms with Gasteiger partial charge in [0.1, 0.15) is 11.7 Å². The highest BCUT2D eigenvalue weighted by atomic mass is 16.6. The molecule has 3 nitrogen and oxygen atoms in total. The van der Waals surface area contributed by atoms with E-state index in [0.717, 1.165) is 44.9 Å². The molecule has 0 spiro atoms. The first kappa shape index (κ1) is 20.2. The number of hydrogen-bond acceptors (Lipinski definition) is 3. The summed E-state index contributed by atoms with van der Waals surface area (Å²) < 4.78 is 12.5. The van der Waals surface area contributed by atoms with E-state index in [1.807, 2.05) is 0 Å². The Labute approximate surface area is 153 Å². The van der Waals surface area contributed by atoms with Crippen LogP contribution in [-0.2, 0) is 14.3 Å². The molecule has 3 atom stereocenters. The highest BCUT2D eigenvalue weighted by molar-refractivity contribution is 5.66. The highest BCUT2D eigenvalue weighted by Gasteiger charge is 2.52. The second-order valence-corrected chi connectivity index (χ2v) is 8.61. The molecule has 0 saturated carbocycles. The highest BCUT2D eigenvalue weighted by Crippen LogP contribution is 2.48. The Bertz CT molecular complexity index is 545. The van der Waals surface area contributed by atoms with Gasteiger partial charge in [-0.2, -0.15) is 0 Å². The van der Waals surface area contributed by atoms with Crippen molar-refractivity contribution >= 4 is 5.97 Å². The Morgan fingerprint density at radius 3 is 2.52 bits per heavy atom. The molecule has 1 unspecified atom stereocenters. The van der Waals surface area contributed by atoms with Gasteiger partial charge in [0.25, 0.3) is 0 Å². The van der Waals surface area contributed by atoms with Crippen molar-refractivity contribution in [3.63, 3.8) is 0 Å². The zero-order chi connectivity index (χ0) is 18.7. The van der Waals surface area contributed by atoms with E-state index in [1.165, 1.54) is 18.1 Å². The third-order valence-corrected chi connectivity index (χ3v) is 6.15. The number of hydrogen-bond donors (Lipinski definition) is 0. The van der Waals surface area contributed by atoms with E-state index >= 15 is 0 Å². The molecule has 0 N–H and O–H groups in total. The minimum absolute atomic E-state index is 0.148. The molecule has 2 aliphatic rings. The first-order chi connectivity index (χ1) is 11.7. The van der Waals surface area contributed by atoms with Gasteiger partial charge in [0, 0.05) is 6.92 Å². The maximum Gasteiger partial charge on any atom is 0.303 e. The van der Waals surface area contributed by atoms with Crippen molar-refractivity contribution in [1.82, 2.24) is 0 Å². The van der Waals surface area contributed by atoms with Gasteiger partial charge in [-0.05, 0) is 71.6 Å². The van der Waals surface area contributed by atoms with Crippen LogP contribution in [0, 0.1) is 5.92 Å². The van der Waals surface area contributed by atoms with Gasteiger partial charge in [0.2, 0.25) is 0 Å². The summed E-state index contributed by atoms with van der Waals surface area (Å²) in [6.07, 6.45) is 11.4. The van der Waals surface area contributed by atoms with Crippen molar-refractivity contribution in [3.8, 4) is 0 Å². The van der Waals surface area contributed by atoms with E-state index in [-0.39, 0.29) is 17.7 Å². The van der Waals surface area contributed by atoms with Crippen LogP contribution in [-0.4, -0.2) is 23.3 Å². The summed E-state index contributed by atoms with van der Waals surface area (Å²) in [5, 5.41) is 0. The molecular weight excluding hydrogens is 312 g/mol. The summed E-state index contributed by atoms with van der Waals surface area (Å²) >= 11 is 0. The normalized spacial score (nSPS) is 34.4. The van der Waals surface area contributed by atoms with Crippen LogP contribution in [0.5, 0.6) is 0 Å². The molecule has 2 bridgehead atoms. The van der Waals surface area contributed by atoms with E-state index in [0.29, 0.717) is 5.92 Å². The summed E-state index contributed by atoms with van der Waals surface area (Å²) in [5.74, 6) is 0.222. The van der Waals surface area contributed by atoms with Crippen molar-refractivity contribution in [2.75, 3.05) is 0 Å². The topological polar surface area (TPSA) is 35.5 Å². The van der Waals surface area contributed by atoms with Gasteiger partial charge in [-0.15, -0.1) is 0 Å². The van der Waals surface area contributed by atoms with Crippen LogP contribution in [0.2, 0.25) is 0 Å². The molecule has 0 aromatic carbocycles. The summed E-state index contributed by atoms with van der Waals surface area (Å²) in [7, 11) is 0. The minimum atomic E-state index is -0.397. The van der Waals surface area contributed by atoms with Crippen molar-refractivity contribution < 1.29 is 14.3 Å². The molecule has 0 radical (unpaired) electrons. The lowest BCUT2D eigenvalue weighted by atomic mass is 9.82. The number of carbonyl (C=O) groups excluding carboxylic acids is 1. The first-order valence-corrected chi connectivity index (χ1v) is 9.85. The van der Waals surface area contributed by atoms with Gasteiger partial charge < -0.3 is 9.47 Å². The zero-order valence-electron chi connectivity index (χ0n) is 17.0. The van der Waals surface area contributed by atoms with Gasteiger partial charge in [0.05, 0.1) is 5.60 Å². The Kier molecular flexibility index (Phi) is 6.53. The third kappa shape index (κ3) is 4.97. The average Bonchev–Trinajstić information content (AvgIpc) is 2.88. The average molecular weight is 349 g/mol. The number of esters is 1. The van der Waals surface area contributed by atoms with Crippen molar-refractivity contribution in [1.29, 1.82) is 0 Å². The van der Waals surface area contributed by atoms with Gasteiger partial charge in [-0.3, -0.25) is 4.79 Å². The van der Waals surface area contributed by atoms with Crippen LogP contribution in [0.25, 0.3) is 0 Å². The maximum atomic E-state index is 11.7. The molecule has 25 heavy (non-hydrogen) atoms. The third-order valence-electron chi connectivity index (χ3n) is 6.15. The molecule has 2 rings (SSSR count). The number of rotatable bonds is 2. The Morgan fingerprint density at radius 1 is 1.20 bits per heavy atom. The SMILES string of the molecule is CC(=O)O[C@@H]1CCC(C)=CCCC(C)=CCC2(C(C)C)CC[C@@]1(C)O2. The lowest BCUT2D eigenvalue weighted by Gasteiger charge is -2.39. The quantitative estimate of drug-likeness (QED) is 0.471. The molecule has 2 aliphatic heterocycles. The molecule has 142 valence electrons. The van der Waals surface area contributed by atoms with Gasteiger partial charge in [-0.25, -0.2) is 0 Å². The van der Waals surface area contributed by atoms with Crippen molar-refractivity contribution in [2.24, 2.45) is 5.92 Å². The lowest BCUT2D eigenvalue weighted by molar-refractivity contribution is -0.186. The fourth-order valence-electron chi connectivity index (χ4n) is 4.18.